The zero-order chi connectivity index (χ0) is 24.3. The van der Waals surface area contributed by atoms with E-state index in [0.29, 0.717) is 18.7 Å². The van der Waals surface area contributed by atoms with Gasteiger partial charge in [0.25, 0.3) is 5.56 Å². The van der Waals surface area contributed by atoms with E-state index in [1.165, 1.54) is 0 Å². The van der Waals surface area contributed by atoms with Gasteiger partial charge in [0.15, 0.2) is 5.82 Å². The maximum atomic E-state index is 13.0. The molecule has 4 aromatic rings. The molecule has 1 unspecified atom stereocenters. The Balaban J connectivity index is 1.78. The zero-order valence-electron chi connectivity index (χ0n) is 20.7. The summed E-state index contributed by atoms with van der Waals surface area (Å²) in [5.41, 5.74) is 2.40. The number of hydrogen-bond acceptors (Lipinski definition) is 6. The monoisotopic (exact) mass is 462 g/mol. The van der Waals surface area contributed by atoms with Gasteiger partial charge in [-0.25, -0.2) is 4.68 Å². The third-order valence-electron chi connectivity index (χ3n) is 6.62. The summed E-state index contributed by atoms with van der Waals surface area (Å²) in [7, 11) is 0. The summed E-state index contributed by atoms with van der Waals surface area (Å²) in [4.78, 5) is 18.3. The molecule has 4 rings (SSSR count). The van der Waals surface area contributed by atoms with Crippen molar-refractivity contribution in [3.05, 3.63) is 75.7 Å². The van der Waals surface area contributed by atoms with Gasteiger partial charge in [-0.3, -0.25) is 9.69 Å². The number of aromatic amines is 1. The summed E-state index contributed by atoms with van der Waals surface area (Å²) < 4.78 is 7.64. The van der Waals surface area contributed by atoms with Gasteiger partial charge in [0.2, 0.25) is 0 Å². The van der Waals surface area contributed by atoms with Crippen molar-refractivity contribution in [2.75, 3.05) is 0 Å². The molecule has 0 radical (unpaired) electrons. The summed E-state index contributed by atoms with van der Waals surface area (Å²) in [6.07, 6.45) is 4.38. The van der Waals surface area contributed by atoms with Gasteiger partial charge in [0.1, 0.15) is 5.76 Å². The highest BCUT2D eigenvalue weighted by molar-refractivity contribution is 5.79. The molecular formula is C26H34N6O2. The predicted octanol–water partition coefficient (Wildman–Crippen LogP) is 5.10. The van der Waals surface area contributed by atoms with Crippen molar-refractivity contribution in [2.45, 2.75) is 78.6 Å². The minimum absolute atomic E-state index is 0.0791. The summed E-state index contributed by atoms with van der Waals surface area (Å²) in [6, 6.07) is 11.8. The lowest BCUT2D eigenvalue weighted by atomic mass is 10.0. The first-order chi connectivity index (χ1) is 16.3. The first-order valence-corrected chi connectivity index (χ1v) is 12.0. The Morgan fingerprint density at radius 2 is 2.00 bits per heavy atom. The third-order valence-corrected chi connectivity index (χ3v) is 6.62. The standard InChI is InChI=1S/C26H34N6O2/c1-6-9-23(24-28-29-30-32(24)26(4,5)7-2)31(17-21-10-8-13-34-21)16-20-15-19-14-18(3)11-12-22(19)27-25(20)33/h8,10-15,23H,6-7,9,16-17H2,1-5H3,(H,27,33). The van der Waals surface area contributed by atoms with E-state index in [0.717, 1.165) is 47.3 Å². The quantitative estimate of drug-likeness (QED) is 0.352. The molecule has 180 valence electrons. The van der Waals surface area contributed by atoms with E-state index in [4.69, 9.17) is 4.42 Å². The van der Waals surface area contributed by atoms with Crippen LogP contribution in [0.4, 0.5) is 0 Å². The number of benzene rings is 1. The van der Waals surface area contributed by atoms with Crippen LogP contribution in [0, 0.1) is 6.92 Å². The fraction of sp³-hybridized carbons (Fsp3) is 0.462. The van der Waals surface area contributed by atoms with Crippen LogP contribution in [0.25, 0.3) is 10.9 Å². The largest absolute Gasteiger partial charge is 0.468 e. The summed E-state index contributed by atoms with van der Waals surface area (Å²) in [6.45, 7) is 11.6. The van der Waals surface area contributed by atoms with Crippen molar-refractivity contribution < 1.29 is 4.42 Å². The van der Waals surface area contributed by atoms with Crippen molar-refractivity contribution in [3.63, 3.8) is 0 Å². The lowest BCUT2D eigenvalue weighted by Crippen LogP contribution is -2.36. The number of furan rings is 1. The molecule has 0 amide bonds. The summed E-state index contributed by atoms with van der Waals surface area (Å²) >= 11 is 0. The predicted molar refractivity (Wildman–Crippen MR) is 132 cm³/mol. The molecular weight excluding hydrogens is 428 g/mol. The number of rotatable bonds is 10. The van der Waals surface area contributed by atoms with Gasteiger partial charge < -0.3 is 9.40 Å². The van der Waals surface area contributed by atoms with Crippen LogP contribution in [0.5, 0.6) is 0 Å². The molecule has 0 aliphatic rings. The number of nitrogens with zero attached hydrogens (tertiary/aromatic N) is 5. The second kappa shape index (κ2) is 9.93. The van der Waals surface area contributed by atoms with E-state index in [2.05, 4.69) is 66.1 Å². The van der Waals surface area contributed by atoms with Crippen LogP contribution in [0.3, 0.4) is 0 Å². The Morgan fingerprint density at radius 3 is 2.71 bits per heavy atom. The van der Waals surface area contributed by atoms with Crippen LogP contribution in [0.2, 0.25) is 0 Å². The first kappa shape index (κ1) is 23.9. The molecule has 0 bridgehead atoms. The fourth-order valence-electron chi connectivity index (χ4n) is 4.32. The van der Waals surface area contributed by atoms with Gasteiger partial charge in [-0.05, 0) is 79.8 Å². The van der Waals surface area contributed by atoms with Crippen LogP contribution >= 0.6 is 0 Å². The third kappa shape index (κ3) is 4.97. The molecule has 1 N–H and O–H groups in total. The highest BCUT2D eigenvalue weighted by Gasteiger charge is 2.32. The Morgan fingerprint density at radius 1 is 1.18 bits per heavy atom. The zero-order valence-corrected chi connectivity index (χ0v) is 20.7. The van der Waals surface area contributed by atoms with Crippen LogP contribution in [0.1, 0.15) is 75.7 Å². The van der Waals surface area contributed by atoms with Gasteiger partial charge in [0, 0.05) is 17.6 Å². The molecule has 0 saturated carbocycles. The van der Waals surface area contributed by atoms with Gasteiger partial charge in [0.05, 0.1) is 24.4 Å². The topological polar surface area (TPSA) is 92.8 Å². The second-order valence-corrected chi connectivity index (χ2v) is 9.62. The lowest BCUT2D eigenvalue weighted by molar-refractivity contribution is 0.135. The van der Waals surface area contributed by atoms with Gasteiger partial charge >= 0.3 is 0 Å². The molecule has 0 aliphatic carbocycles. The number of H-pyrrole nitrogens is 1. The highest BCUT2D eigenvalue weighted by Crippen LogP contribution is 2.31. The molecule has 34 heavy (non-hydrogen) atoms. The van der Waals surface area contributed by atoms with E-state index >= 15 is 0 Å². The molecule has 3 heterocycles. The molecule has 8 nitrogen and oxygen atoms in total. The number of nitrogens with one attached hydrogen (secondary N) is 1. The second-order valence-electron chi connectivity index (χ2n) is 9.62. The average molecular weight is 463 g/mol. The molecule has 1 atom stereocenters. The molecule has 1 aromatic carbocycles. The van der Waals surface area contributed by atoms with E-state index in [1.54, 1.807) is 6.26 Å². The molecule has 0 aliphatic heterocycles. The van der Waals surface area contributed by atoms with Crippen molar-refractivity contribution in [2.24, 2.45) is 0 Å². The molecule has 0 spiro atoms. The van der Waals surface area contributed by atoms with Crippen LogP contribution in [-0.2, 0) is 18.6 Å². The highest BCUT2D eigenvalue weighted by atomic mass is 16.3. The maximum Gasteiger partial charge on any atom is 0.252 e. The summed E-state index contributed by atoms with van der Waals surface area (Å²) in [5.74, 6) is 1.65. The van der Waals surface area contributed by atoms with E-state index in [1.807, 2.05) is 35.0 Å². The molecule has 8 heteroatoms. The van der Waals surface area contributed by atoms with E-state index in [9.17, 15) is 4.79 Å². The smallest absolute Gasteiger partial charge is 0.252 e. The van der Waals surface area contributed by atoms with Crippen molar-refractivity contribution in [3.8, 4) is 0 Å². The van der Waals surface area contributed by atoms with Crippen LogP contribution in [0.15, 0.2) is 51.9 Å². The number of aryl methyl sites for hydroxylation is 1. The summed E-state index contributed by atoms with van der Waals surface area (Å²) in [5, 5.41) is 13.9. The van der Waals surface area contributed by atoms with Crippen molar-refractivity contribution >= 4 is 10.9 Å². The van der Waals surface area contributed by atoms with E-state index in [-0.39, 0.29) is 17.1 Å². The van der Waals surface area contributed by atoms with Crippen LogP contribution < -0.4 is 5.56 Å². The first-order valence-electron chi connectivity index (χ1n) is 12.0. The maximum absolute atomic E-state index is 13.0. The Hall–Kier alpha value is -3.26. The van der Waals surface area contributed by atoms with Crippen molar-refractivity contribution in [1.82, 2.24) is 30.1 Å². The lowest BCUT2D eigenvalue weighted by Gasteiger charge is -2.33. The van der Waals surface area contributed by atoms with Crippen molar-refractivity contribution in [1.29, 1.82) is 0 Å². The van der Waals surface area contributed by atoms with Gasteiger partial charge in [-0.2, -0.15) is 0 Å². The van der Waals surface area contributed by atoms with Gasteiger partial charge in [-0.1, -0.05) is 31.9 Å². The Kier molecular flexibility index (Phi) is 6.97. The number of aromatic nitrogens is 5. The van der Waals surface area contributed by atoms with E-state index < -0.39 is 0 Å². The number of tetrazole rings is 1. The Labute approximate surface area is 200 Å². The van der Waals surface area contributed by atoms with Crippen LogP contribution in [-0.4, -0.2) is 30.1 Å². The number of fused-ring (bicyclic) bond motifs is 1. The SMILES string of the molecule is CCCC(c1nnnn1C(C)(C)CC)N(Cc1ccco1)Cc1cc2cc(C)ccc2[nH]c1=O. The fourth-order valence-corrected chi connectivity index (χ4v) is 4.32. The Bertz CT molecular complexity index is 1290. The molecule has 0 saturated heterocycles. The number of hydrogen-bond donors (Lipinski definition) is 1. The number of pyridine rings is 1. The molecule has 3 aromatic heterocycles. The minimum atomic E-state index is -0.223. The molecule has 0 fully saturated rings. The average Bonchev–Trinajstić information content (AvgIpc) is 3.50. The van der Waals surface area contributed by atoms with Gasteiger partial charge in [-0.15, -0.1) is 5.10 Å². The normalized spacial score (nSPS) is 13.1. The minimum Gasteiger partial charge on any atom is -0.468 e.